The molecule has 0 heterocycles. The minimum atomic E-state index is -0.779. The lowest BCUT2D eigenvalue weighted by molar-refractivity contribution is 0.0646. The number of aryl methyl sites for hydroxylation is 1. The third-order valence-electron chi connectivity index (χ3n) is 4.08. The van der Waals surface area contributed by atoms with Crippen LogP contribution in [0.15, 0.2) is 12.1 Å². The van der Waals surface area contributed by atoms with Crippen molar-refractivity contribution < 1.29 is 13.6 Å². The van der Waals surface area contributed by atoms with Gasteiger partial charge in [0.05, 0.1) is 5.56 Å². The fourth-order valence-electron chi connectivity index (χ4n) is 2.91. The Balaban J connectivity index is 2.27. The van der Waals surface area contributed by atoms with Crippen molar-refractivity contribution in [1.29, 1.82) is 0 Å². The summed E-state index contributed by atoms with van der Waals surface area (Å²) in [4.78, 5) is 14.4. The first kappa shape index (κ1) is 16.4. The van der Waals surface area contributed by atoms with Crippen LogP contribution >= 0.6 is 15.9 Å². The number of halogens is 3. The lowest BCUT2D eigenvalue weighted by Gasteiger charge is -2.34. The van der Waals surface area contributed by atoms with E-state index in [0.29, 0.717) is 17.4 Å². The summed E-state index contributed by atoms with van der Waals surface area (Å²) < 4.78 is 27.3. The Kier molecular flexibility index (Phi) is 5.73. The van der Waals surface area contributed by atoms with Gasteiger partial charge in [0.1, 0.15) is 11.6 Å². The second kappa shape index (κ2) is 7.34. The molecule has 2 nitrogen and oxygen atoms in total. The van der Waals surface area contributed by atoms with E-state index in [1.807, 2.05) is 0 Å². The van der Waals surface area contributed by atoms with E-state index >= 15 is 0 Å². The number of hydrogen-bond acceptors (Lipinski definition) is 1. The highest BCUT2D eigenvalue weighted by atomic mass is 79.9. The maximum Gasteiger partial charge on any atom is 0.257 e. The molecule has 1 aromatic carbocycles. The first-order chi connectivity index (χ1) is 10.0. The second-order valence-electron chi connectivity index (χ2n) is 5.56. The van der Waals surface area contributed by atoms with Gasteiger partial charge < -0.3 is 4.90 Å². The van der Waals surface area contributed by atoms with Crippen LogP contribution < -0.4 is 0 Å². The molecule has 1 saturated carbocycles. The van der Waals surface area contributed by atoms with Gasteiger partial charge in [0.2, 0.25) is 0 Å². The number of benzene rings is 1. The molecule has 116 valence electrons. The minimum absolute atomic E-state index is 0.0274. The SMILES string of the molecule is Cc1cc(C(=O)N(CCBr)C2CCCCC2)c(F)cc1F. The first-order valence-electron chi connectivity index (χ1n) is 7.37. The summed E-state index contributed by atoms with van der Waals surface area (Å²) in [7, 11) is 0. The summed E-state index contributed by atoms with van der Waals surface area (Å²) in [5, 5.41) is 0.650. The highest BCUT2D eigenvalue weighted by Gasteiger charge is 2.27. The molecule has 1 aliphatic rings. The van der Waals surface area contributed by atoms with Gasteiger partial charge >= 0.3 is 0 Å². The molecule has 0 bridgehead atoms. The third kappa shape index (κ3) is 3.82. The van der Waals surface area contributed by atoms with E-state index in [-0.39, 0.29) is 17.5 Å². The Bertz CT molecular complexity index is 515. The molecule has 0 saturated heterocycles. The van der Waals surface area contributed by atoms with E-state index in [1.165, 1.54) is 12.5 Å². The molecular weight excluding hydrogens is 340 g/mol. The summed E-state index contributed by atoms with van der Waals surface area (Å²) in [5.41, 5.74) is 0.266. The normalized spacial score (nSPS) is 16.0. The molecule has 0 aliphatic heterocycles. The largest absolute Gasteiger partial charge is 0.335 e. The van der Waals surface area contributed by atoms with E-state index in [2.05, 4.69) is 15.9 Å². The Morgan fingerprint density at radius 2 is 1.90 bits per heavy atom. The van der Waals surface area contributed by atoms with E-state index in [9.17, 15) is 13.6 Å². The summed E-state index contributed by atoms with van der Waals surface area (Å²) in [6.07, 6.45) is 5.31. The van der Waals surface area contributed by atoms with Crippen molar-refractivity contribution >= 4 is 21.8 Å². The molecule has 1 aromatic rings. The molecular formula is C16H20BrF2NO. The zero-order valence-electron chi connectivity index (χ0n) is 12.2. The molecule has 0 spiro atoms. The molecule has 0 N–H and O–H groups in total. The van der Waals surface area contributed by atoms with Crippen LogP contribution in [-0.2, 0) is 0 Å². The fourth-order valence-corrected chi connectivity index (χ4v) is 3.29. The lowest BCUT2D eigenvalue weighted by Crippen LogP contribution is -2.43. The topological polar surface area (TPSA) is 20.3 Å². The monoisotopic (exact) mass is 359 g/mol. The standard InChI is InChI=1S/C16H20BrF2NO/c1-11-9-13(15(19)10-14(11)18)16(21)20(8-7-17)12-5-3-2-4-6-12/h9-10,12H,2-8H2,1H3. The van der Waals surface area contributed by atoms with Crippen LogP contribution in [0.2, 0.25) is 0 Å². The molecule has 0 atom stereocenters. The highest BCUT2D eigenvalue weighted by Crippen LogP contribution is 2.25. The predicted octanol–water partition coefficient (Wildman–Crippen LogP) is 4.44. The average Bonchev–Trinajstić information content (AvgIpc) is 2.49. The first-order valence-corrected chi connectivity index (χ1v) is 8.49. The van der Waals surface area contributed by atoms with Crippen molar-refractivity contribution in [1.82, 2.24) is 4.90 Å². The van der Waals surface area contributed by atoms with Gasteiger partial charge in [0.25, 0.3) is 5.91 Å². The number of carbonyl (C=O) groups excluding carboxylic acids is 1. The van der Waals surface area contributed by atoms with Crippen molar-refractivity contribution in [3.63, 3.8) is 0 Å². The quantitative estimate of drug-likeness (QED) is 0.727. The van der Waals surface area contributed by atoms with Gasteiger partial charge in [0.15, 0.2) is 0 Å². The molecule has 0 aromatic heterocycles. The van der Waals surface area contributed by atoms with Gasteiger partial charge in [-0.25, -0.2) is 8.78 Å². The van der Waals surface area contributed by atoms with Gasteiger partial charge in [-0.3, -0.25) is 4.79 Å². The number of amides is 1. The molecule has 0 radical (unpaired) electrons. The minimum Gasteiger partial charge on any atom is -0.335 e. The Morgan fingerprint density at radius 3 is 2.52 bits per heavy atom. The number of rotatable bonds is 4. The van der Waals surface area contributed by atoms with E-state index < -0.39 is 11.6 Å². The molecule has 1 amide bonds. The van der Waals surface area contributed by atoms with Gasteiger partial charge in [-0.05, 0) is 31.4 Å². The van der Waals surface area contributed by atoms with E-state index in [4.69, 9.17) is 0 Å². The van der Waals surface area contributed by atoms with E-state index in [0.717, 1.165) is 31.7 Å². The van der Waals surface area contributed by atoms with Crippen LogP contribution in [0.3, 0.4) is 0 Å². The van der Waals surface area contributed by atoms with Crippen LogP contribution in [0, 0.1) is 18.6 Å². The fraction of sp³-hybridized carbons (Fsp3) is 0.562. The molecule has 5 heteroatoms. The molecule has 1 fully saturated rings. The van der Waals surface area contributed by atoms with Crippen molar-refractivity contribution in [3.8, 4) is 0 Å². The van der Waals surface area contributed by atoms with Crippen molar-refractivity contribution in [2.24, 2.45) is 0 Å². The van der Waals surface area contributed by atoms with E-state index in [1.54, 1.807) is 11.8 Å². The summed E-state index contributed by atoms with van der Waals surface area (Å²) >= 11 is 3.35. The number of hydrogen-bond donors (Lipinski definition) is 0. The zero-order valence-corrected chi connectivity index (χ0v) is 13.8. The summed E-state index contributed by atoms with van der Waals surface area (Å²) in [6, 6.07) is 2.28. The maximum atomic E-state index is 13.9. The van der Waals surface area contributed by atoms with Gasteiger partial charge in [0, 0.05) is 24.0 Å². The number of alkyl halides is 1. The lowest BCUT2D eigenvalue weighted by atomic mass is 9.93. The molecule has 2 rings (SSSR count). The van der Waals surface area contributed by atoms with Crippen molar-refractivity contribution in [2.75, 3.05) is 11.9 Å². The van der Waals surface area contributed by atoms with Gasteiger partial charge in [-0.2, -0.15) is 0 Å². The predicted molar refractivity (Wildman–Crippen MR) is 82.8 cm³/mol. The molecule has 21 heavy (non-hydrogen) atoms. The third-order valence-corrected chi connectivity index (χ3v) is 4.44. The van der Waals surface area contributed by atoms with Crippen molar-refractivity contribution in [2.45, 2.75) is 45.1 Å². The van der Waals surface area contributed by atoms with Crippen LogP contribution in [0.1, 0.15) is 48.0 Å². The van der Waals surface area contributed by atoms with Crippen LogP contribution in [0.4, 0.5) is 8.78 Å². The van der Waals surface area contributed by atoms with Crippen LogP contribution in [0.25, 0.3) is 0 Å². The Labute approximate surface area is 132 Å². The number of carbonyl (C=O) groups is 1. The maximum absolute atomic E-state index is 13.9. The Hall–Kier alpha value is -0.970. The summed E-state index contributed by atoms with van der Waals surface area (Å²) in [6.45, 7) is 2.08. The smallest absolute Gasteiger partial charge is 0.257 e. The van der Waals surface area contributed by atoms with Crippen LogP contribution in [0.5, 0.6) is 0 Å². The van der Waals surface area contributed by atoms with Crippen molar-refractivity contribution in [3.05, 3.63) is 34.9 Å². The van der Waals surface area contributed by atoms with Gasteiger partial charge in [-0.15, -0.1) is 0 Å². The molecule has 0 unspecified atom stereocenters. The van der Waals surface area contributed by atoms with Crippen LogP contribution in [-0.4, -0.2) is 28.7 Å². The Morgan fingerprint density at radius 1 is 1.24 bits per heavy atom. The highest BCUT2D eigenvalue weighted by molar-refractivity contribution is 9.09. The second-order valence-corrected chi connectivity index (χ2v) is 6.35. The average molecular weight is 360 g/mol. The summed E-state index contributed by atoms with van der Waals surface area (Å²) in [5.74, 6) is -1.73. The molecule has 1 aliphatic carbocycles. The zero-order chi connectivity index (χ0) is 15.4. The number of nitrogens with zero attached hydrogens (tertiary/aromatic N) is 1. The van der Waals surface area contributed by atoms with Gasteiger partial charge in [-0.1, -0.05) is 35.2 Å².